The van der Waals surface area contributed by atoms with Crippen LogP contribution in [0.3, 0.4) is 0 Å². The molecule has 0 fully saturated rings. The highest BCUT2D eigenvalue weighted by Gasteiger charge is 2.20. The Morgan fingerprint density at radius 3 is 2.76 bits per heavy atom. The molecular formula is C16H12ClNO2S. The fourth-order valence-electron chi connectivity index (χ4n) is 2.16. The van der Waals surface area contributed by atoms with Gasteiger partial charge in [-0.15, -0.1) is 0 Å². The Morgan fingerprint density at radius 2 is 2.00 bits per heavy atom. The van der Waals surface area contributed by atoms with Crippen LogP contribution in [-0.2, 0) is 4.74 Å². The normalized spacial score (nSPS) is 10.8. The van der Waals surface area contributed by atoms with Crippen molar-refractivity contribution in [1.29, 1.82) is 0 Å². The van der Waals surface area contributed by atoms with Crippen LogP contribution < -0.4 is 0 Å². The standard InChI is InChI=1S/C16H12ClNO2S/c1-2-20-15(19)14-13(18-16(17)21-14)12-8-7-10-5-3-4-6-11(10)9-12/h3-9H,2H2,1H3. The second-order valence-corrected chi connectivity index (χ2v) is 6.01. The Bertz CT molecular complexity index is 813. The molecule has 3 aromatic rings. The zero-order valence-electron chi connectivity index (χ0n) is 11.3. The highest BCUT2D eigenvalue weighted by molar-refractivity contribution is 7.17. The molecule has 0 unspecified atom stereocenters. The van der Waals surface area contributed by atoms with Gasteiger partial charge in [0.2, 0.25) is 0 Å². The number of carbonyl (C=O) groups is 1. The molecule has 0 saturated heterocycles. The molecule has 0 N–H and O–H groups in total. The Balaban J connectivity index is 2.11. The van der Waals surface area contributed by atoms with Crippen molar-refractivity contribution in [3.8, 4) is 11.3 Å². The van der Waals surface area contributed by atoms with Gasteiger partial charge in [0.05, 0.1) is 12.3 Å². The van der Waals surface area contributed by atoms with E-state index in [2.05, 4.69) is 4.98 Å². The van der Waals surface area contributed by atoms with E-state index in [4.69, 9.17) is 16.3 Å². The molecule has 5 heteroatoms. The van der Waals surface area contributed by atoms with Crippen LogP contribution in [0.2, 0.25) is 4.47 Å². The number of halogens is 1. The molecule has 0 aliphatic rings. The minimum absolute atomic E-state index is 0.325. The van der Waals surface area contributed by atoms with E-state index in [0.717, 1.165) is 27.7 Å². The van der Waals surface area contributed by atoms with Crippen molar-refractivity contribution < 1.29 is 9.53 Å². The molecule has 0 amide bonds. The van der Waals surface area contributed by atoms with Crippen LogP contribution in [0.5, 0.6) is 0 Å². The molecule has 0 spiro atoms. The van der Waals surface area contributed by atoms with Crippen molar-refractivity contribution in [2.75, 3.05) is 6.61 Å². The average molecular weight is 318 g/mol. The fraction of sp³-hybridized carbons (Fsp3) is 0.125. The lowest BCUT2D eigenvalue weighted by Crippen LogP contribution is -2.03. The van der Waals surface area contributed by atoms with Gasteiger partial charge in [0, 0.05) is 5.56 Å². The number of rotatable bonds is 3. The van der Waals surface area contributed by atoms with E-state index in [1.165, 1.54) is 0 Å². The molecule has 3 rings (SSSR count). The third-order valence-corrected chi connectivity index (χ3v) is 4.22. The summed E-state index contributed by atoms with van der Waals surface area (Å²) in [6.07, 6.45) is 0. The van der Waals surface area contributed by atoms with Crippen molar-refractivity contribution in [2.24, 2.45) is 0 Å². The first kappa shape index (κ1) is 14.0. The van der Waals surface area contributed by atoms with Crippen molar-refractivity contribution in [3.63, 3.8) is 0 Å². The van der Waals surface area contributed by atoms with E-state index in [1.54, 1.807) is 6.92 Å². The van der Waals surface area contributed by atoms with E-state index in [-0.39, 0.29) is 5.97 Å². The molecule has 0 aliphatic heterocycles. The van der Waals surface area contributed by atoms with E-state index in [9.17, 15) is 4.79 Å². The van der Waals surface area contributed by atoms with Crippen LogP contribution in [0.15, 0.2) is 42.5 Å². The highest BCUT2D eigenvalue weighted by atomic mass is 35.5. The molecule has 3 nitrogen and oxygen atoms in total. The van der Waals surface area contributed by atoms with Crippen LogP contribution >= 0.6 is 22.9 Å². The maximum Gasteiger partial charge on any atom is 0.350 e. The second kappa shape index (κ2) is 5.84. The molecule has 106 valence electrons. The van der Waals surface area contributed by atoms with Gasteiger partial charge in [0.25, 0.3) is 0 Å². The SMILES string of the molecule is CCOC(=O)c1sc(Cl)nc1-c1ccc2ccccc2c1. The van der Waals surface area contributed by atoms with Gasteiger partial charge in [-0.2, -0.15) is 0 Å². The number of aromatic nitrogens is 1. The number of fused-ring (bicyclic) bond motifs is 1. The number of hydrogen-bond donors (Lipinski definition) is 0. The Morgan fingerprint density at radius 1 is 1.24 bits per heavy atom. The van der Waals surface area contributed by atoms with Crippen LogP contribution in [0.4, 0.5) is 0 Å². The van der Waals surface area contributed by atoms with Crippen molar-refractivity contribution >= 4 is 39.7 Å². The molecule has 0 radical (unpaired) electrons. The minimum atomic E-state index is -0.384. The van der Waals surface area contributed by atoms with Gasteiger partial charge in [0.1, 0.15) is 4.88 Å². The molecule has 0 bridgehead atoms. The number of hydrogen-bond acceptors (Lipinski definition) is 4. The number of esters is 1. The van der Waals surface area contributed by atoms with Crippen LogP contribution in [0, 0.1) is 0 Å². The molecule has 21 heavy (non-hydrogen) atoms. The first-order chi connectivity index (χ1) is 10.2. The zero-order chi connectivity index (χ0) is 14.8. The summed E-state index contributed by atoms with van der Waals surface area (Å²) in [7, 11) is 0. The number of ether oxygens (including phenoxy) is 1. The molecule has 2 aromatic carbocycles. The first-order valence-electron chi connectivity index (χ1n) is 6.51. The van der Waals surface area contributed by atoms with Gasteiger partial charge in [-0.1, -0.05) is 59.3 Å². The molecule has 1 heterocycles. The number of benzene rings is 2. The Kier molecular flexibility index (Phi) is 3.90. The van der Waals surface area contributed by atoms with E-state index in [1.807, 2.05) is 42.5 Å². The lowest BCUT2D eigenvalue weighted by Gasteiger charge is -2.04. The minimum Gasteiger partial charge on any atom is -0.462 e. The quantitative estimate of drug-likeness (QED) is 0.652. The summed E-state index contributed by atoms with van der Waals surface area (Å²) in [5.74, 6) is -0.384. The summed E-state index contributed by atoms with van der Waals surface area (Å²) in [4.78, 5) is 16.7. The van der Waals surface area contributed by atoms with E-state index in [0.29, 0.717) is 21.6 Å². The summed E-state index contributed by atoms with van der Waals surface area (Å²) < 4.78 is 5.40. The maximum absolute atomic E-state index is 12.0. The van der Waals surface area contributed by atoms with Gasteiger partial charge in [-0.25, -0.2) is 9.78 Å². The van der Waals surface area contributed by atoms with Gasteiger partial charge >= 0.3 is 5.97 Å². The number of carbonyl (C=O) groups excluding carboxylic acids is 1. The largest absolute Gasteiger partial charge is 0.462 e. The smallest absolute Gasteiger partial charge is 0.350 e. The van der Waals surface area contributed by atoms with Crippen molar-refractivity contribution in [1.82, 2.24) is 4.98 Å². The predicted octanol–water partition coefficient (Wildman–Crippen LogP) is 4.79. The maximum atomic E-state index is 12.0. The third kappa shape index (κ3) is 2.77. The number of thiazole rings is 1. The summed E-state index contributed by atoms with van der Waals surface area (Å²) >= 11 is 7.12. The third-order valence-electron chi connectivity index (χ3n) is 3.08. The van der Waals surface area contributed by atoms with Gasteiger partial charge in [-0.05, 0) is 23.8 Å². The summed E-state index contributed by atoms with van der Waals surface area (Å²) in [6, 6.07) is 14.0. The molecular weight excluding hydrogens is 306 g/mol. The molecule has 0 aliphatic carbocycles. The Hall–Kier alpha value is -1.91. The van der Waals surface area contributed by atoms with Crippen LogP contribution in [0.25, 0.3) is 22.0 Å². The van der Waals surface area contributed by atoms with E-state index >= 15 is 0 Å². The van der Waals surface area contributed by atoms with Gasteiger partial charge in [0.15, 0.2) is 4.47 Å². The molecule has 1 aromatic heterocycles. The van der Waals surface area contributed by atoms with Gasteiger partial charge < -0.3 is 4.74 Å². The number of nitrogens with zero attached hydrogens (tertiary/aromatic N) is 1. The monoisotopic (exact) mass is 317 g/mol. The summed E-state index contributed by atoms with van der Waals surface area (Å²) in [5, 5.41) is 2.23. The summed E-state index contributed by atoms with van der Waals surface area (Å²) in [6.45, 7) is 2.10. The first-order valence-corrected chi connectivity index (χ1v) is 7.71. The topological polar surface area (TPSA) is 39.2 Å². The lowest BCUT2D eigenvalue weighted by atomic mass is 10.0. The average Bonchev–Trinajstić information content (AvgIpc) is 2.89. The van der Waals surface area contributed by atoms with Crippen LogP contribution in [-0.4, -0.2) is 17.6 Å². The highest BCUT2D eigenvalue weighted by Crippen LogP contribution is 2.33. The van der Waals surface area contributed by atoms with E-state index < -0.39 is 0 Å². The van der Waals surface area contributed by atoms with Crippen molar-refractivity contribution in [2.45, 2.75) is 6.92 Å². The Labute approximate surface area is 131 Å². The fourth-order valence-corrected chi connectivity index (χ4v) is 3.19. The summed E-state index contributed by atoms with van der Waals surface area (Å²) in [5.41, 5.74) is 1.44. The molecule has 0 atom stereocenters. The van der Waals surface area contributed by atoms with Crippen molar-refractivity contribution in [3.05, 3.63) is 51.8 Å². The van der Waals surface area contributed by atoms with Crippen LogP contribution in [0.1, 0.15) is 16.6 Å². The second-order valence-electron chi connectivity index (χ2n) is 4.43. The lowest BCUT2D eigenvalue weighted by molar-refractivity contribution is 0.0532. The molecule has 0 saturated carbocycles. The van der Waals surface area contributed by atoms with Gasteiger partial charge in [-0.3, -0.25) is 0 Å². The zero-order valence-corrected chi connectivity index (χ0v) is 12.9. The predicted molar refractivity (Wildman–Crippen MR) is 86.0 cm³/mol.